The van der Waals surface area contributed by atoms with E-state index in [1.807, 2.05) is 37.3 Å². The molecule has 1 heterocycles. The summed E-state index contributed by atoms with van der Waals surface area (Å²) < 4.78 is 5.81. The summed E-state index contributed by atoms with van der Waals surface area (Å²) in [5.74, 6) is -3.26. The minimum atomic E-state index is -1.82. The summed E-state index contributed by atoms with van der Waals surface area (Å²) in [6.07, 6.45) is 5.01. The van der Waals surface area contributed by atoms with Gasteiger partial charge in [0.05, 0.1) is 6.10 Å². The Labute approximate surface area is 218 Å². The molecule has 4 rings (SSSR count). The number of ether oxygens (including phenoxy) is 1. The number of amides is 1. The molecule has 3 N–H and O–H groups in total. The lowest BCUT2D eigenvalue weighted by molar-refractivity contribution is -0.166. The molecule has 7 heteroatoms. The number of nitrogens with one attached hydrogen (secondary N) is 1. The molecular formula is C30H37NO6. The van der Waals surface area contributed by atoms with Gasteiger partial charge in [0, 0.05) is 30.7 Å². The van der Waals surface area contributed by atoms with E-state index in [4.69, 9.17) is 4.74 Å². The largest absolute Gasteiger partial charge is 0.457 e. The number of ketones is 1. The van der Waals surface area contributed by atoms with Crippen molar-refractivity contribution in [2.24, 2.45) is 29.1 Å². The Hall–Kier alpha value is -3.03. The average molecular weight is 508 g/mol. The topological polar surface area (TPSA) is 113 Å². The zero-order valence-electron chi connectivity index (χ0n) is 21.9. The number of hydrogen-bond acceptors (Lipinski definition) is 6. The first-order chi connectivity index (χ1) is 17.4. The standard InChI is InChI=1S/C30H37NO6/c1-17-10-9-13-22-26(33)19(3)18(2)25-23(16-21-11-7-6-8-12-21)31-28(35)30(22,25)24(37-20(4)32)14-15-29(5,36)27(17)34/h6-9,11-15,17-18,22-26,33,36H,3,10,16H2,1-2,4-5H3,(H,31,35)/t17-,18+,22-,23-,24+,25-,26+,29+,30?/m0/s1. The first-order valence-electron chi connectivity index (χ1n) is 12.9. The van der Waals surface area contributed by atoms with Gasteiger partial charge in [0.25, 0.3) is 0 Å². The molecule has 0 aromatic heterocycles. The van der Waals surface area contributed by atoms with E-state index in [1.165, 1.54) is 26.0 Å². The molecule has 2 fully saturated rings. The van der Waals surface area contributed by atoms with Crippen LogP contribution in [0.1, 0.15) is 39.7 Å². The van der Waals surface area contributed by atoms with Gasteiger partial charge < -0.3 is 20.3 Å². The molecule has 1 unspecified atom stereocenters. The number of allylic oxidation sites excluding steroid dienone is 1. The summed E-state index contributed by atoms with van der Waals surface area (Å²) in [6.45, 7) is 10.5. The molecule has 198 valence electrons. The van der Waals surface area contributed by atoms with Crippen LogP contribution in [0.5, 0.6) is 0 Å². The lowest BCUT2D eigenvalue weighted by Crippen LogP contribution is -2.60. The minimum absolute atomic E-state index is 0.287. The molecule has 7 nitrogen and oxygen atoms in total. The number of aliphatic hydroxyl groups is 2. The lowest BCUT2D eigenvalue weighted by atomic mass is 9.51. The van der Waals surface area contributed by atoms with E-state index >= 15 is 0 Å². The quantitative estimate of drug-likeness (QED) is 0.428. The SMILES string of the molecule is C=C1[C@@H](C)[C@H]2[C@H](Cc3ccccc3)NC(=O)C23[C@H](OC(C)=O)C=C[C@@](C)(O)C(=O)[C@@H](C)CC=C[C@H]3[C@@H]1O. The summed E-state index contributed by atoms with van der Waals surface area (Å²) in [5.41, 5.74) is -1.55. The summed E-state index contributed by atoms with van der Waals surface area (Å²) in [6, 6.07) is 9.49. The Bertz CT molecular complexity index is 1140. The number of aliphatic hydroxyl groups excluding tert-OH is 1. The van der Waals surface area contributed by atoms with Crippen molar-refractivity contribution < 1.29 is 29.3 Å². The van der Waals surface area contributed by atoms with Crippen LogP contribution in [-0.4, -0.2) is 51.7 Å². The van der Waals surface area contributed by atoms with Crippen molar-refractivity contribution in [3.63, 3.8) is 0 Å². The number of rotatable bonds is 3. The van der Waals surface area contributed by atoms with Crippen LogP contribution in [-0.2, 0) is 25.5 Å². The van der Waals surface area contributed by atoms with Gasteiger partial charge in [-0.05, 0) is 49.0 Å². The van der Waals surface area contributed by atoms with Crippen LogP contribution >= 0.6 is 0 Å². The molecule has 1 amide bonds. The highest BCUT2D eigenvalue weighted by molar-refractivity contribution is 5.91. The van der Waals surface area contributed by atoms with E-state index in [9.17, 15) is 24.6 Å². The predicted octanol–water partition coefficient (Wildman–Crippen LogP) is 2.92. The first-order valence-corrected chi connectivity index (χ1v) is 12.9. The van der Waals surface area contributed by atoms with Gasteiger partial charge in [-0.3, -0.25) is 14.4 Å². The van der Waals surface area contributed by atoms with Gasteiger partial charge >= 0.3 is 5.97 Å². The van der Waals surface area contributed by atoms with Crippen LogP contribution in [0.25, 0.3) is 0 Å². The maximum Gasteiger partial charge on any atom is 0.303 e. The summed E-state index contributed by atoms with van der Waals surface area (Å²) >= 11 is 0. The van der Waals surface area contributed by atoms with Crippen LogP contribution in [0, 0.1) is 29.1 Å². The van der Waals surface area contributed by atoms with Crippen LogP contribution in [0.4, 0.5) is 0 Å². The molecule has 1 saturated heterocycles. The molecule has 1 aromatic carbocycles. The highest BCUT2D eigenvalue weighted by Gasteiger charge is 2.68. The van der Waals surface area contributed by atoms with E-state index in [1.54, 1.807) is 19.1 Å². The van der Waals surface area contributed by atoms with Crippen LogP contribution in [0.15, 0.2) is 66.8 Å². The number of Topliss-reactive ketones (excluding diaryl/α,β-unsaturated/α-hetero) is 1. The maximum atomic E-state index is 14.2. The number of carbonyl (C=O) groups is 3. The van der Waals surface area contributed by atoms with Gasteiger partial charge in [-0.15, -0.1) is 0 Å². The second-order valence-electron chi connectivity index (χ2n) is 11.0. The molecular weight excluding hydrogens is 470 g/mol. The molecule has 1 aromatic rings. The second kappa shape index (κ2) is 10.0. The third kappa shape index (κ3) is 4.59. The Morgan fingerprint density at radius 3 is 2.51 bits per heavy atom. The van der Waals surface area contributed by atoms with Crippen molar-refractivity contribution in [2.75, 3.05) is 0 Å². The molecule has 1 saturated carbocycles. The zero-order valence-corrected chi connectivity index (χ0v) is 21.9. The van der Waals surface area contributed by atoms with Crippen molar-refractivity contribution in [3.05, 3.63) is 72.4 Å². The average Bonchev–Trinajstić information content (AvgIpc) is 3.13. The number of benzene rings is 1. The Kier molecular flexibility index (Phi) is 7.32. The third-order valence-electron chi connectivity index (χ3n) is 8.53. The van der Waals surface area contributed by atoms with E-state index in [0.717, 1.165) is 5.56 Å². The highest BCUT2D eigenvalue weighted by Crippen LogP contribution is 2.58. The van der Waals surface area contributed by atoms with Gasteiger partial charge in [-0.1, -0.05) is 62.9 Å². The van der Waals surface area contributed by atoms with Gasteiger partial charge in [-0.25, -0.2) is 0 Å². The van der Waals surface area contributed by atoms with Crippen molar-refractivity contribution in [2.45, 2.75) is 64.4 Å². The van der Waals surface area contributed by atoms with E-state index in [0.29, 0.717) is 18.4 Å². The zero-order chi connectivity index (χ0) is 27.1. The minimum Gasteiger partial charge on any atom is -0.457 e. The fraction of sp³-hybridized carbons (Fsp3) is 0.500. The van der Waals surface area contributed by atoms with Crippen molar-refractivity contribution in [3.8, 4) is 0 Å². The predicted molar refractivity (Wildman–Crippen MR) is 139 cm³/mol. The van der Waals surface area contributed by atoms with E-state index in [-0.39, 0.29) is 23.7 Å². The number of carbonyl (C=O) groups excluding carboxylic acids is 3. The van der Waals surface area contributed by atoms with Gasteiger partial charge in [-0.2, -0.15) is 0 Å². The number of hydrogen-bond donors (Lipinski definition) is 3. The van der Waals surface area contributed by atoms with Crippen molar-refractivity contribution >= 4 is 17.7 Å². The van der Waals surface area contributed by atoms with Crippen molar-refractivity contribution in [1.29, 1.82) is 0 Å². The normalized spacial score (nSPS) is 39.8. The molecule has 9 atom stereocenters. The van der Waals surface area contributed by atoms with Gasteiger partial charge in [0.15, 0.2) is 5.78 Å². The third-order valence-corrected chi connectivity index (χ3v) is 8.53. The molecule has 1 spiro atoms. The lowest BCUT2D eigenvalue weighted by Gasteiger charge is -2.52. The van der Waals surface area contributed by atoms with Gasteiger partial charge in [0.1, 0.15) is 17.1 Å². The van der Waals surface area contributed by atoms with E-state index in [2.05, 4.69) is 11.9 Å². The summed E-state index contributed by atoms with van der Waals surface area (Å²) in [7, 11) is 0. The summed E-state index contributed by atoms with van der Waals surface area (Å²) in [4.78, 5) is 39.5. The molecule has 1 aliphatic heterocycles. The number of esters is 1. The maximum absolute atomic E-state index is 14.2. The fourth-order valence-electron chi connectivity index (χ4n) is 6.68. The van der Waals surface area contributed by atoms with Gasteiger partial charge in [0.2, 0.25) is 5.91 Å². The molecule has 3 aliphatic rings. The van der Waals surface area contributed by atoms with Crippen LogP contribution in [0.3, 0.4) is 0 Å². The van der Waals surface area contributed by atoms with E-state index < -0.39 is 46.9 Å². The first kappa shape index (κ1) is 27.0. The monoisotopic (exact) mass is 507 g/mol. The van der Waals surface area contributed by atoms with Crippen LogP contribution < -0.4 is 5.32 Å². The molecule has 2 aliphatic carbocycles. The summed E-state index contributed by atoms with van der Waals surface area (Å²) in [5, 5.41) is 25.7. The molecule has 0 bridgehead atoms. The molecule has 0 radical (unpaired) electrons. The highest BCUT2D eigenvalue weighted by atomic mass is 16.5. The Morgan fingerprint density at radius 1 is 1.19 bits per heavy atom. The van der Waals surface area contributed by atoms with Crippen LogP contribution in [0.2, 0.25) is 0 Å². The Morgan fingerprint density at radius 2 is 1.86 bits per heavy atom. The molecule has 37 heavy (non-hydrogen) atoms. The van der Waals surface area contributed by atoms with Crippen molar-refractivity contribution in [1.82, 2.24) is 5.32 Å². The fourth-order valence-corrected chi connectivity index (χ4v) is 6.68. The Balaban J connectivity index is 1.94. The smallest absolute Gasteiger partial charge is 0.303 e. The second-order valence-corrected chi connectivity index (χ2v) is 11.0.